The molecule has 2 aromatic heterocycles. The van der Waals surface area contributed by atoms with Crippen LogP contribution in [0.15, 0.2) is 48.8 Å². The number of hydrogen-bond acceptors (Lipinski definition) is 4. The van der Waals surface area contributed by atoms with Gasteiger partial charge >= 0.3 is 0 Å². The van der Waals surface area contributed by atoms with Crippen LogP contribution in [-0.4, -0.2) is 9.97 Å². The molecule has 0 aliphatic rings. The fraction of sp³-hybridized carbons (Fsp3) is 0.0526. The van der Waals surface area contributed by atoms with E-state index in [0.717, 1.165) is 5.56 Å². The molecule has 0 unspecified atom stereocenters. The number of aromatic nitrogens is 2. The molecule has 8 heteroatoms. The summed E-state index contributed by atoms with van der Waals surface area (Å²) >= 11 is 1.93. The lowest BCUT2D eigenvalue weighted by Crippen LogP contribution is -1.95. The minimum Gasteiger partial charge on any atom is -0.242 e. The van der Waals surface area contributed by atoms with Gasteiger partial charge in [0, 0.05) is 16.0 Å². The van der Waals surface area contributed by atoms with Crippen molar-refractivity contribution in [2.75, 3.05) is 0 Å². The molecule has 0 amide bonds. The monoisotopic (exact) mass is 478 g/mol. The first-order chi connectivity index (χ1) is 12.9. The molecule has 3 aromatic rings. The summed E-state index contributed by atoms with van der Waals surface area (Å²) in [5.41, 5.74) is 1.14. The van der Waals surface area contributed by atoms with Crippen molar-refractivity contribution in [3.8, 4) is 12.1 Å². The van der Waals surface area contributed by atoms with E-state index < -0.39 is 11.6 Å². The van der Waals surface area contributed by atoms with Crippen molar-refractivity contribution in [2.24, 2.45) is 0 Å². The van der Waals surface area contributed by atoms with Crippen LogP contribution in [0.5, 0.6) is 0 Å². The third-order valence-corrected chi connectivity index (χ3v) is 3.83. The second-order valence-electron chi connectivity index (χ2n) is 5.18. The highest BCUT2D eigenvalue weighted by molar-refractivity contribution is 14.1. The van der Waals surface area contributed by atoms with Crippen LogP contribution < -0.4 is 0 Å². The van der Waals surface area contributed by atoms with E-state index in [1.807, 2.05) is 22.6 Å². The molecule has 0 aliphatic carbocycles. The van der Waals surface area contributed by atoms with Crippen LogP contribution in [0.3, 0.4) is 0 Å². The molecule has 4 nitrogen and oxygen atoms in total. The largest absolute Gasteiger partial charge is 0.242 e. The lowest BCUT2D eigenvalue weighted by molar-refractivity contribution is 0.614. The van der Waals surface area contributed by atoms with Gasteiger partial charge in [-0.3, -0.25) is 0 Å². The highest BCUT2D eigenvalue weighted by Crippen LogP contribution is 2.12. The fourth-order valence-corrected chi connectivity index (χ4v) is 2.40. The van der Waals surface area contributed by atoms with E-state index in [1.165, 1.54) is 36.7 Å². The zero-order valence-corrected chi connectivity index (χ0v) is 15.8. The van der Waals surface area contributed by atoms with E-state index in [2.05, 4.69) is 9.97 Å². The van der Waals surface area contributed by atoms with Gasteiger partial charge in [-0.25, -0.2) is 23.1 Å². The molecule has 0 N–H and O–H groups in total. The molecule has 3 rings (SSSR count). The molecule has 0 radical (unpaired) electrons. The quantitative estimate of drug-likeness (QED) is 0.508. The van der Waals surface area contributed by atoms with Gasteiger partial charge in [-0.15, -0.1) is 0 Å². The summed E-state index contributed by atoms with van der Waals surface area (Å²) in [7, 11) is 0. The van der Waals surface area contributed by atoms with Crippen molar-refractivity contribution in [3.05, 3.63) is 92.3 Å². The Balaban J connectivity index is 0.000000223. The lowest BCUT2D eigenvalue weighted by Gasteiger charge is -2.02. The molecule has 1 aromatic carbocycles. The van der Waals surface area contributed by atoms with Gasteiger partial charge in [-0.05, 0) is 64.4 Å². The summed E-state index contributed by atoms with van der Waals surface area (Å²) < 4.78 is 39.2. The second kappa shape index (κ2) is 9.64. The molecule has 134 valence electrons. The fourth-order valence-electron chi connectivity index (χ4n) is 1.99. The maximum absolute atomic E-state index is 13.3. The van der Waals surface area contributed by atoms with Gasteiger partial charge in [0.2, 0.25) is 0 Å². The summed E-state index contributed by atoms with van der Waals surface area (Å²) in [5, 5.41) is 16.8. The van der Waals surface area contributed by atoms with Crippen LogP contribution in [0.1, 0.15) is 22.5 Å². The van der Waals surface area contributed by atoms with Crippen molar-refractivity contribution in [3.63, 3.8) is 0 Å². The van der Waals surface area contributed by atoms with Crippen LogP contribution in [0.4, 0.5) is 13.2 Å². The summed E-state index contributed by atoms with van der Waals surface area (Å²) in [4.78, 5) is 7.25. The summed E-state index contributed by atoms with van der Waals surface area (Å²) in [6, 6.07) is 11.8. The molecular formula is C19H10F3IN4. The van der Waals surface area contributed by atoms with Gasteiger partial charge in [0.15, 0.2) is 23.0 Å². The van der Waals surface area contributed by atoms with E-state index in [0.29, 0.717) is 15.6 Å². The van der Waals surface area contributed by atoms with E-state index in [1.54, 1.807) is 24.3 Å². The number of benzene rings is 1. The Bertz CT molecular complexity index is 1020. The van der Waals surface area contributed by atoms with Crippen LogP contribution in [0.2, 0.25) is 0 Å². The summed E-state index contributed by atoms with van der Waals surface area (Å²) in [6.07, 6.45) is 3.35. The molecule has 0 saturated heterocycles. The number of halogens is 4. The zero-order chi connectivity index (χ0) is 19.8. The van der Waals surface area contributed by atoms with Crippen molar-refractivity contribution in [1.82, 2.24) is 9.97 Å². The SMILES string of the molecule is N#Cc1ncc(Cc2ccc(F)cc2)cc1F.N#Cc1ncc(I)cc1F. The molecule has 0 aliphatic heterocycles. The number of nitrogens with zero attached hydrogens (tertiary/aromatic N) is 4. The zero-order valence-electron chi connectivity index (χ0n) is 13.6. The summed E-state index contributed by atoms with van der Waals surface area (Å²) in [6.45, 7) is 0. The molecule has 0 atom stereocenters. The number of nitriles is 2. The van der Waals surface area contributed by atoms with Gasteiger partial charge in [0.1, 0.15) is 18.0 Å². The molecule has 27 heavy (non-hydrogen) atoms. The Labute approximate surface area is 167 Å². The Kier molecular flexibility index (Phi) is 7.26. The van der Waals surface area contributed by atoms with Crippen LogP contribution in [-0.2, 0) is 6.42 Å². The van der Waals surface area contributed by atoms with Gasteiger partial charge in [0.25, 0.3) is 0 Å². The van der Waals surface area contributed by atoms with Gasteiger partial charge in [-0.2, -0.15) is 10.5 Å². The first kappa shape index (κ1) is 20.3. The van der Waals surface area contributed by atoms with Crippen molar-refractivity contribution in [2.45, 2.75) is 6.42 Å². The Hall–Kier alpha value is -2.98. The van der Waals surface area contributed by atoms with E-state index in [4.69, 9.17) is 10.5 Å². The molecule has 0 bridgehead atoms. The predicted molar refractivity (Wildman–Crippen MR) is 99.7 cm³/mol. The minimum atomic E-state index is -0.632. The van der Waals surface area contributed by atoms with E-state index >= 15 is 0 Å². The Morgan fingerprint density at radius 3 is 1.89 bits per heavy atom. The summed E-state index contributed by atoms with van der Waals surface area (Å²) in [5.74, 6) is -1.50. The molecule has 0 saturated carbocycles. The van der Waals surface area contributed by atoms with Crippen molar-refractivity contribution >= 4 is 22.6 Å². The average molecular weight is 478 g/mol. The topological polar surface area (TPSA) is 73.4 Å². The predicted octanol–water partition coefficient (Wildman–Crippen LogP) is 4.52. The number of pyridine rings is 2. The van der Waals surface area contributed by atoms with Crippen molar-refractivity contribution in [1.29, 1.82) is 10.5 Å². The van der Waals surface area contributed by atoms with Crippen LogP contribution in [0.25, 0.3) is 0 Å². The van der Waals surface area contributed by atoms with Gasteiger partial charge < -0.3 is 0 Å². The van der Waals surface area contributed by atoms with Crippen molar-refractivity contribution < 1.29 is 13.2 Å². The molecule has 0 spiro atoms. The standard InChI is InChI=1S/C13H8F2N2.C6H2FIN2/c14-11-3-1-9(2-4-11)5-10-6-12(15)13(7-16)17-8-10;7-5-1-4(8)3-10-6(5)2-9/h1-4,6,8H,5H2;1,3H. The van der Waals surface area contributed by atoms with E-state index in [9.17, 15) is 13.2 Å². The lowest BCUT2D eigenvalue weighted by atomic mass is 10.1. The van der Waals surface area contributed by atoms with Crippen LogP contribution >= 0.6 is 22.6 Å². The van der Waals surface area contributed by atoms with Gasteiger partial charge in [-0.1, -0.05) is 12.1 Å². The highest BCUT2D eigenvalue weighted by atomic mass is 127. The maximum atomic E-state index is 13.3. The highest BCUT2D eigenvalue weighted by Gasteiger charge is 2.05. The minimum absolute atomic E-state index is 0.152. The first-order valence-electron chi connectivity index (χ1n) is 7.43. The maximum Gasteiger partial charge on any atom is 0.176 e. The van der Waals surface area contributed by atoms with E-state index in [-0.39, 0.29) is 17.2 Å². The third kappa shape index (κ3) is 6.04. The molecule has 2 heterocycles. The third-order valence-electron chi connectivity index (χ3n) is 3.24. The normalized spacial score (nSPS) is 9.56. The number of rotatable bonds is 2. The van der Waals surface area contributed by atoms with Crippen LogP contribution in [0, 0.1) is 43.7 Å². The average Bonchev–Trinajstić information content (AvgIpc) is 2.64. The smallest absolute Gasteiger partial charge is 0.176 e. The second-order valence-corrected chi connectivity index (χ2v) is 6.43. The Morgan fingerprint density at radius 2 is 1.37 bits per heavy atom. The van der Waals surface area contributed by atoms with Gasteiger partial charge in [0.05, 0.1) is 0 Å². The first-order valence-corrected chi connectivity index (χ1v) is 8.51. The number of hydrogen-bond donors (Lipinski definition) is 0. The Morgan fingerprint density at radius 1 is 0.815 bits per heavy atom. The molecule has 0 fully saturated rings. The molecular weight excluding hydrogens is 468 g/mol.